The molecule has 0 atom stereocenters. The molecule has 0 fully saturated rings. The second-order valence-electron chi connectivity index (χ2n) is 5.38. The molecule has 0 aliphatic carbocycles. The van der Waals surface area contributed by atoms with Crippen LogP contribution in [-0.2, 0) is 17.5 Å². The van der Waals surface area contributed by atoms with Crippen LogP contribution in [0.15, 0.2) is 60.9 Å². The van der Waals surface area contributed by atoms with Gasteiger partial charge < -0.3 is 9.72 Å². The van der Waals surface area contributed by atoms with E-state index in [4.69, 9.17) is 0 Å². The Bertz CT molecular complexity index is 914. The van der Waals surface area contributed by atoms with Gasteiger partial charge in [0.1, 0.15) is 5.65 Å². The van der Waals surface area contributed by atoms with Crippen LogP contribution in [-0.4, -0.2) is 15.3 Å². The number of nitrogens with one attached hydrogen (secondary N) is 1. The van der Waals surface area contributed by atoms with E-state index >= 15 is 0 Å². The number of nitrogens with zero attached hydrogens (tertiary/aromatic N) is 2. The minimum Gasteiger partial charge on any atom is -0.347 e. The Morgan fingerprint density at radius 1 is 1.12 bits per heavy atom. The minimum absolute atomic E-state index is 0.126. The second kappa shape index (κ2) is 6.80. The lowest BCUT2D eigenvalue weighted by Crippen LogP contribution is -2.20. The predicted molar refractivity (Wildman–Crippen MR) is 87.5 cm³/mol. The Hall–Kier alpha value is -3.09. The SMILES string of the molecule is O=C(/C=C/c1ccccc1)NCc1cn2cc(C(F)(F)F)ccc2n1. The third-order valence-electron chi connectivity index (χ3n) is 3.50. The quantitative estimate of drug-likeness (QED) is 0.733. The number of halogens is 3. The number of benzene rings is 1. The highest BCUT2D eigenvalue weighted by atomic mass is 19.4. The van der Waals surface area contributed by atoms with Crippen LogP contribution in [0.5, 0.6) is 0 Å². The van der Waals surface area contributed by atoms with Crippen molar-refractivity contribution in [3.63, 3.8) is 0 Å². The molecule has 2 aromatic heterocycles. The van der Waals surface area contributed by atoms with Crippen molar-refractivity contribution >= 4 is 17.6 Å². The number of hydrogen-bond donors (Lipinski definition) is 1. The van der Waals surface area contributed by atoms with Crippen LogP contribution in [0.25, 0.3) is 11.7 Å². The molecule has 4 nitrogen and oxygen atoms in total. The van der Waals surface area contributed by atoms with E-state index in [1.54, 1.807) is 6.08 Å². The molecule has 0 radical (unpaired) electrons. The molecule has 0 spiro atoms. The highest BCUT2D eigenvalue weighted by Gasteiger charge is 2.30. The summed E-state index contributed by atoms with van der Waals surface area (Å²) in [6.45, 7) is 0.126. The molecule has 1 aromatic carbocycles. The number of rotatable bonds is 4. The van der Waals surface area contributed by atoms with Crippen LogP contribution in [0.3, 0.4) is 0 Å². The number of pyridine rings is 1. The first-order valence-corrected chi connectivity index (χ1v) is 7.47. The molecule has 0 bridgehead atoms. The summed E-state index contributed by atoms with van der Waals surface area (Å²) in [7, 11) is 0. The van der Waals surface area contributed by atoms with Crippen molar-refractivity contribution in [3.8, 4) is 0 Å². The van der Waals surface area contributed by atoms with Crippen LogP contribution in [0, 0.1) is 0 Å². The van der Waals surface area contributed by atoms with Crippen LogP contribution in [0.2, 0.25) is 0 Å². The van der Waals surface area contributed by atoms with Crippen molar-refractivity contribution in [2.24, 2.45) is 0 Å². The monoisotopic (exact) mass is 345 g/mol. The average molecular weight is 345 g/mol. The van der Waals surface area contributed by atoms with Crippen molar-refractivity contribution in [1.29, 1.82) is 0 Å². The Morgan fingerprint density at radius 2 is 1.88 bits per heavy atom. The molecule has 3 aromatic rings. The number of aromatic nitrogens is 2. The molecule has 2 heterocycles. The second-order valence-corrected chi connectivity index (χ2v) is 5.38. The molecule has 1 N–H and O–H groups in total. The standard InChI is InChI=1S/C18H14F3N3O/c19-18(20,21)14-7-8-16-23-15(12-24(16)11-14)10-22-17(25)9-6-13-4-2-1-3-5-13/h1-9,11-12H,10H2,(H,22,25)/b9-6+. The van der Waals surface area contributed by atoms with E-state index in [9.17, 15) is 18.0 Å². The zero-order valence-electron chi connectivity index (χ0n) is 13.0. The fraction of sp³-hybridized carbons (Fsp3) is 0.111. The van der Waals surface area contributed by atoms with Gasteiger partial charge in [0.05, 0.1) is 17.8 Å². The summed E-state index contributed by atoms with van der Waals surface area (Å²) in [6.07, 6.45) is 1.10. The molecule has 0 saturated carbocycles. The van der Waals surface area contributed by atoms with E-state index in [-0.39, 0.29) is 12.5 Å². The van der Waals surface area contributed by atoms with Crippen molar-refractivity contribution < 1.29 is 18.0 Å². The fourth-order valence-electron chi connectivity index (χ4n) is 2.27. The topological polar surface area (TPSA) is 46.4 Å². The normalized spacial score (nSPS) is 12.0. The van der Waals surface area contributed by atoms with Gasteiger partial charge in [-0.05, 0) is 23.8 Å². The highest BCUT2D eigenvalue weighted by molar-refractivity contribution is 5.91. The number of imidazole rings is 1. The molecule has 3 rings (SSSR count). The van der Waals surface area contributed by atoms with Gasteiger partial charge in [-0.15, -0.1) is 0 Å². The lowest BCUT2D eigenvalue weighted by Gasteiger charge is -2.05. The zero-order valence-corrected chi connectivity index (χ0v) is 13.0. The van der Waals surface area contributed by atoms with Crippen LogP contribution >= 0.6 is 0 Å². The largest absolute Gasteiger partial charge is 0.417 e. The summed E-state index contributed by atoms with van der Waals surface area (Å²) >= 11 is 0. The van der Waals surface area contributed by atoms with Crippen LogP contribution in [0.4, 0.5) is 13.2 Å². The van der Waals surface area contributed by atoms with E-state index in [1.807, 2.05) is 30.3 Å². The van der Waals surface area contributed by atoms with Gasteiger partial charge in [0.15, 0.2) is 0 Å². The van der Waals surface area contributed by atoms with E-state index in [0.29, 0.717) is 11.3 Å². The first-order valence-electron chi connectivity index (χ1n) is 7.47. The molecule has 0 saturated heterocycles. The number of hydrogen-bond acceptors (Lipinski definition) is 2. The summed E-state index contributed by atoms with van der Waals surface area (Å²) < 4.78 is 39.4. The summed E-state index contributed by atoms with van der Waals surface area (Å²) in [6, 6.07) is 11.6. The maximum atomic E-state index is 12.7. The van der Waals surface area contributed by atoms with Crippen molar-refractivity contribution in [2.75, 3.05) is 0 Å². The minimum atomic E-state index is -4.41. The fourth-order valence-corrected chi connectivity index (χ4v) is 2.27. The molecule has 7 heteroatoms. The average Bonchev–Trinajstić information content (AvgIpc) is 3.00. The van der Waals surface area contributed by atoms with Gasteiger partial charge >= 0.3 is 6.18 Å². The number of carbonyl (C=O) groups is 1. The van der Waals surface area contributed by atoms with E-state index in [1.165, 1.54) is 22.7 Å². The van der Waals surface area contributed by atoms with Crippen LogP contribution < -0.4 is 5.32 Å². The lowest BCUT2D eigenvalue weighted by atomic mass is 10.2. The van der Waals surface area contributed by atoms with Crippen LogP contribution in [0.1, 0.15) is 16.8 Å². The number of alkyl halides is 3. The van der Waals surface area contributed by atoms with Gasteiger partial charge in [-0.25, -0.2) is 4.98 Å². The molecule has 0 unspecified atom stereocenters. The van der Waals surface area contributed by atoms with E-state index in [2.05, 4.69) is 10.3 Å². The summed E-state index contributed by atoms with van der Waals surface area (Å²) in [5.74, 6) is -0.308. The maximum Gasteiger partial charge on any atom is 0.417 e. The first kappa shape index (κ1) is 16.8. The number of amides is 1. The predicted octanol–water partition coefficient (Wildman–Crippen LogP) is 3.68. The Balaban J connectivity index is 1.65. The van der Waals surface area contributed by atoms with Crippen molar-refractivity contribution in [2.45, 2.75) is 12.7 Å². The summed E-state index contributed by atoms with van der Waals surface area (Å²) in [4.78, 5) is 16.0. The molecule has 1 amide bonds. The first-order chi connectivity index (χ1) is 11.9. The summed E-state index contributed by atoms with van der Waals surface area (Å²) in [5, 5.41) is 2.65. The molecule has 25 heavy (non-hydrogen) atoms. The van der Waals surface area contributed by atoms with E-state index in [0.717, 1.165) is 17.8 Å². The van der Waals surface area contributed by atoms with Gasteiger partial charge in [0, 0.05) is 18.5 Å². The molecular formula is C18H14F3N3O. The molecule has 0 aliphatic rings. The Labute approximate surface area is 141 Å². The van der Waals surface area contributed by atoms with Gasteiger partial charge in [0.25, 0.3) is 0 Å². The van der Waals surface area contributed by atoms with Gasteiger partial charge in [0.2, 0.25) is 5.91 Å². The van der Waals surface area contributed by atoms with Crippen molar-refractivity contribution in [3.05, 3.63) is 77.8 Å². The lowest BCUT2D eigenvalue weighted by molar-refractivity contribution is -0.137. The smallest absolute Gasteiger partial charge is 0.347 e. The number of fused-ring (bicyclic) bond motifs is 1. The molecule has 0 aliphatic heterocycles. The number of carbonyl (C=O) groups excluding carboxylic acids is 1. The van der Waals surface area contributed by atoms with Gasteiger partial charge in [-0.2, -0.15) is 13.2 Å². The third kappa shape index (κ3) is 4.26. The summed E-state index contributed by atoms with van der Waals surface area (Å²) in [5.41, 5.74) is 1.00. The molecule has 128 valence electrons. The Morgan fingerprint density at radius 3 is 2.60 bits per heavy atom. The highest BCUT2D eigenvalue weighted by Crippen LogP contribution is 2.29. The van der Waals surface area contributed by atoms with E-state index < -0.39 is 11.7 Å². The van der Waals surface area contributed by atoms with Gasteiger partial charge in [-0.1, -0.05) is 30.3 Å². The Kier molecular flexibility index (Phi) is 4.56. The molecular weight excluding hydrogens is 331 g/mol. The third-order valence-corrected chi connectivity index (χ3v) is 3.50. The van der Waals surface area contributed by atoms with Crippen molar-refractivity contribution in [1.82, 2.24) is 14.7 Å². The zero-order chi connectivity index (χ0) is 17.9. The maximum absolute atomic E-state index is 12.7. The van der Waals surface area contributed by atoms with Gasteiger partial charge in [-0.3, -0.25) is 4.79 Å².